The van der Waals surface area contributed by atoms with Crippen LogP contribution in [0.25, 0.3) is 11.0 Å². The summed E-state index contributed by atoms with van der Waals surface area (Å²) >= 11 is 0. The van der Waals surface area contributed by atoms with Crippen LogP contribution in [0.15, 0.2) is 52.0 Å². The van der Waals surface area contributed by atoms with E-state index in [4.69, 9.17) is 4.42 Å². The van der Waals surface area contributed by atoms with E-state index in [1.807, 2.05) is 24.3 Å². The molecule has 0 fully saturated rings. The Bertz CT molecular complexity index is 873. The van der Waals surface area contributed by atoms with Crippen LogP contribution < -0.4 is 10.6 Å². The van der Waals surface area contributed by atoms with Crippen molar-refractivity contribution in [2.45, 2.75) is 26.9 Å². The summed E-state index contributed by atoms with van der Waals surface area (Å²) in [7, 11) is 1.76. The molecule has 25 heavy (non-hydrogen) atoms. The lowest BCUT2D eigenvalue weighted by Gasteiger charge is -2.12. The summed E-state index contributed by atoms with van der Waals surface area (Å²) in [5, 5.41) is 7.73. The lowest BCUT2D eigenvalue weighted by atomic mass is 10.1. The predicted octanol–water partition coefficient (Wildman–Crippen LogP) is 3.93. The first-order valence-electron chi connectivity index (χ1n) is 8.01. The molecule has 1 aromatic carbocycles. The van der Waals surface area contributed by atoms with Crippen LogP contribution in [0.4, 0.5) is 0 Å². The van der Waals surface area contributed by atoms with Crippen molar-refractivity contribution in [3.63, 3.8) is 0 Å². The Morgan fingerprint density at radius 2 is 1.84 bits per heavy atom. The summed E-state index contributed by atoms with van der Waals surface area (Å²) in [6.45, 7) is 5.35. The minimum atomic E-state index is 0. The van der Waals surface area contributed by atoms with Crippen molar-refractivity contribution in [3.8, 4) is 0 Å². The van der Waals surface area contributed by atoms with Gasteiger partial charge in [0, 0.05) is 24.2 Å². The Labute approximate surface area is 165 Å². The zero-order chi connectivity index (χ0) is 16.9. The number of aryl methyl sites for hydroxylation is 2. The third-order valence-electron chi connectivity index (χ3n) is 4.12. The molecule has 132 valence electrons. The van der Waals surface area contributed by atoms with Gasteiger partial charge in [-0.1, -0.05) is 24.3 Å². The van der Waals surface area contributed by atoms with Gasteiger partial charge in [0.2, 0.25) is 0 Å². The van der Waals surface area contributed by atoms with Gasteiger partial charge in [0.1, 0.15) is 11.3 Å². The summed E-state index contributed by atoms with van der Waals surface area (Å²) in [6.07, 6.45) is 1.80. The number of hydrogen-bond acceptors (Lipinski definition) is 3. The first-order chi connectivity index (χ1) is 11.7. The predicted molar refractivity (Wildman–Crippen MR) is 112 cm³/mol. The number of halogens is 1. The highest BCUT2D eigenvalue weighted by molar-refractivity contribution is 14.0. The number of benzene rings is 1. The third kappa shape index (κ3) is 4.50. The second-order valence-electron chi connectivity index (χ2n) is 5.69. The van der Waals surface area contributed by atoms with Gasteiger partial charge in [-0.05, 0) is 31.5 Å². The molecule has 0 spiro atoms. The van der Waals surface area contributed by atoms with Crippen LogP contribution in [-0.2, 0) is 13.1 Å². The molecule has 0 saturated heterocycles. The molecule has 5 nitrogen and oxygen atoms in total. The highest BCUT2D eigenvalue weighted by atomic mass is 127. The number of aromatic nitrogens is 1. The summed E-state index contributed by atoms with van der Waals surface area (Å²) in [5.74, 6) is 1.65. The van der Waals surface area contributed by atoms with E-state index in [0.717, 1.165) is 39.5 Å². The first-order valence-corrected chi connectivity index (χ1v) is 8.01. The highest BCUT2D eigenvalue weighted by Gasteiger charge is 2.10. The van der Waals surface area contributed by atoms with E-state index in [1.165, 1.54) is 0 Å². The molecule has 0 saturated carbocycles. The molecule has 2 N–H and O–H groups in total. The molecular weight excluding hydrogens is 427 g/mol. The number of aliphatic imine (C=N–C) groups is 1. The molecule has 0 radical (unpaired) electrons. The Morgan fingerprint density at radius 3 is 2.56 bits per heavy atom. The van der Waals surface area contributed by atoms with E-state index in [2.05, 4.69) is 46.6 Å². The maximum absolute atomic E-state index is 5.92. The standard InChI is InChI=1S/C19H22N4O.HI/c1-13-7-6-10-21-16(13)11-22-19(20-3)23-12-18-14(2)15-8-4-5-9-17(15)24-18;/h4-10H,11-12H2,1-3H3,(H2,20,22,23);1H. The SMILES string of the molecule is CN=C(NCc1ncccc1C)NCc1oc2ccccc2c1C.I. The van der Waals surface area contributed by atoms with Crippen LogP contribution in [0.1, 0.15) is 22.6 Å². The fourth-order valence-electron chi connectivity index (χ4n) is 2.65. The van der Waals surface area contributed by atoms with Crippen molar-refractivity contribution in [2.24, 2.45) is 4.99 Å². The second kappa shape index (κ2) is 8.84. The van der Waals surface area contributed by atoms with Crippen molar-refractivity contribution in [3.05, 3.63) is 65.2 Å². The van der Waals surface area contributed by atoms with Gasteiger partial charge >= 0.3 is 0 Å². The average Bonchev–Trinajstić information content (AvgIpc) is 2.93. The van der Waals surface area contributed by atoms with Crippen molar-refractivity contribution in [1.82, 2.24) is 15.6 Å². The molecule has 0 bridgehead atoms. The van der Waals surface area contributed by atoms with Crippen LogP contribution in [-0.4, -0.2) is 18.0 Å². The smallest absolute Gasteiger partial charge is 0.191 e. The summed E-state index contributed by atoms with van der Waals surface area (Å²) in [6, 6.07) is 12.1. The van der Waals surface area contributed by atoms with Crippen molar-refractivity contribution >= 4 is 40.9 Å². The Kier molecular flexibility index (Phi) is 6.81. The minimum Gasteiger partial charge on any atom is -0.459 e. The lowest BCUT2D eigenvalue weighted by molar-refractivity contribution is 0.534. The van der Waals surface area contributed by atoms with Crippen molar-refractivity contribution in [2.75, 3.05) is 7.05 Å². The summed E-state index contributed by atoms with van der Waals surface area (Å²) in [5.41, 5.74) is 4.25. The Morgan fingerprint density at radius 1 is 1.08 bits per heavy atom. The molecule has 0 amide bonds. The van der Waals surface area contributed by atoms with Gasteiger partial charge in [-0.15, -0.1) is 24.0 Å². The molecule has 0 aliphatic rings. The fourth-order valence-corrected chi connectivity index (χ4v) is 2.65. The normalized spacial score (nSPS) is 11.2. The molecule has 6 heteroatoms. The molecular formula is C19H23IN4O. The maximum Gasteiger partial charge on any atom is 0.191 e. The Balaban J connectivity index is 0.00000225. The zero-order valence-electron chi connectivity index (χ0n) is 14.7. The lowest BCUT2D eigenvalue weighted by Crippen LogP contribution is -2.36. The highest BCUT2D eigenvalue weighted by Crippen LogP contribution is 2.24. The van der Waals surface area contributed by atoms with E-state index >= 15 is 0 Å². The van der Waals surface area contributed by atoms with E-state index in [1.54, 1.807) is 13.2 Å². The number of rotatable bonds is 4. The third-order valence-corrected chi connectivity index (χ3v) is 4.12. The van der Waals surface area contributed by atoms with E-state index in [-0.39, 0.29) is 24.0 Å². The van der Waals surface area contributed by atoms with Gasteiger partial charge in [0.25, 0.3) is 0 Å². The van der Waals surface area contributed by atoms with Gasteiger partial charge in [0.05, 0.1) is 18.8 Å². The minimum absolute atomic E-state index is 0. The molecule has 3 rings (SSSR count). The number of para-hydroxylation sites is 1. The van der Waals surface area contributed by atoms with Gasteiger partial charge in [-0.25, -0.2) is 0 Å². The number of nitrogens with one attached hydrogen (secondary N) is 2. The molecule has 2 aromatic heterocycles. The molecule has 0 unspecified atom stereocenters. The summed E-state index contributed by atoms with van der Waals surface area (Å²) < 4.78 is 5.92. The number of nitrogens with zero attached hydrogens (tertiary/aromatic N) is 2. The van der Waals surface area contributed by atoms with Crippen LogP contribution in [0.5, 0.6) is 0 Å². The van der Waals surface area contributed by atoms with E-state index < -0.39 is 0 Å². The van der Waals surface area contributed by atoms with Gasteiger partial charge in [0.15, 0.2) is 5.96 Å². The largest absolute Gasteiger partial charge is 0.459 e. The maximum atomic E-state index is 5.92. The quantitative estimate of drug-likeness (QED) is 0.359. The monoisotopic (exact) mass is 450 g/mol. The van der Waals surface area contributed by atoms with Crippen LogP contribution in [0, 0.1) is 13.8 Å². The molecule has 0 atom stereocenters. The van der Waals surface area contributed by atoms with Crippen molar-refractivity contribution < 1.29 is 4.42 Å². The molecule has 2 heterocycles. The average molecular weight is 450 g/mol. The van der Waals surface area contributed by atoms with Crippen molar-refractivity contribution in [1.29, 1.82) is 0 Å². The van der Waals surface area contributed by atoms with Crippen LogP contribution in [0.3, 0.4) is 0 Å². The van der Waals surface area contributed by atoms with Gasteiger partial charge in [-0.3, -0.25) is 9.98 Å². The van der Waals surface area contributed by atoms with Gasteiger partial charge in [-0.2, -0.15) is 0 Å². The first kappa shape index (κ1) is 19.2. The van der Waals surface area contributed by atoms with Crippen LogP contribution >= 0.6 is 24.0 Å². The number of hydrogen-bond donors (Lipinski definition) is 2. The number of pyridine rings is 1. The fraction of sp³-hybridized carbons (Fsp3) is 0.263. The Hall–Kier alpha value is -2.09. The summed E-state index contributed by atoms with van der Waals surface area (Å²) in [4.78, 5) is 8.64. The zero-order valence-corrected chi connectivity index (χ0v) is 17.0. The number of guanidine groups is 1. The molecule has 0 aliphatic carbocycles. The number of fused-ring (bicyclic) bond motifs is 1. The van der Waals surface area contributed by atoms with E-state index in [0.29, 0.717) is 13.1 Å². The number of furan rings is 1. The molecule has 3 aromatic rings. The molecule has 0 aliphatic heterocycles. The second-order valence-corrected chi connectivity index (χ2v) is 5.69. The topological polar surface area (TPSA) is 62.5 Å². The van der Waals surface area contributed by atoms with E-state index in [9.17, 15) is 0 Å². The van der Waals surface area contributed by atoms with Crippen LogP contribution in [0.2, 0.25) is 0 Å². The van der Waals surface area contributed by atoms with Gasteiger partial charge < -0.3 is 15.1 Å².